The summed E-state index contributed by atoms with van der Waals surface area (Å²) in [6.07, 6.45) is 1.61. The first kappa shape index (κ1) is 19.1. The van der Waals surface area contributed by atoms with Crippen LogP contribution in [0.25, 0.3) is 11.0 Å². The van der Waals surface area contributed by atoms with Gasteiger partial charge in [0, 0.05) is 45.2 Å². The number of nitrogens with zero attached hydrogens (tertiary/aromatic N) is 4. The lowest BCUT2D eigenvalue weighted by molar-refractivity contribution is 0.0189. The van der Waals surface area contributed by atoms with E-state index >= 15 is 0 Å². The van der Waals surface area contributed by atoms with Gasteiger partial charge in [0.25, 0.3) is 5.91 Å². The van der Waals surface area contributed by atoms with E-state index in [4.69, 9.17) is 4.98 Å². The Kier molecular flexibility index (Phi) is 4.72. The molecule has 0 aliphatic carbocycles. The second-order valence-corrected chi connectivity index (χ2v) is 8.23. The minimum Gasteiger partial charge on any atom is -0.395 e. The number of hydrogen-bond donors (Lipinski definition) is 2. The highest BCUT2D eigenvalue weighted by Gasteiger charge is 2.46. The highest BCUT2D eigenvalue weighted by atomic mass is 16.3. The number of fused-ring (bicyclic) bond motifs is 2. The second-order valence-electron chi connectivity index (χ2n) is 8.23. The maximum absolute atomic E-state index is 13.1. The zero-order valence-corrected chi connectivity index (χ0v) is 17.2. The lowest BCUT2D eigenvalue weighted by Crippen LogP contribution is -2.64. The number of likely N-dealkylation sites (tertiary alicyclic amines) is 1. The van der Waals surface area contributed by atoms with Crippen LogP contribution >= 0.6 is 0 Å². The summed E-state index contributed by atoms with van der Waals surface area (Å²) >= 11 is 0. The fourth-order valence-electron chi connectivity index (χ4n) is 4.86. The topological polar surface area (TPSA) is 73.6 Å². The lowest BCUT2D eigenvalue weighted by atomic mass is 9.90. The molecule has 1 spiro atoms. The number of β-amino-alcohol motifs (C(OH)–C–C–N with tert-alkyl or cyclic N) is 1. The molecule has 156 valence electrons. The van der Waals surface area contributed by atoms with E-state index in [9.17, 15) is 9.90 Å². The number of benzene rings is 2. The van der Waals surface area contributed by atoms with Crippen molar-refractivity contribution in [3.05, 3.63) is 59.9 Å². The van der Waals surface area contributed by atoms with E-state index in [1.807, 2.05) is 47.4 Å². The van der Waals surface area contributed by atoms with Gasteiger partial charge in [-0.25, -0.2) is 4.98 Å². The van der Waals surface area contributed by atoms with Crippen LogP contribution in [0.15, 0.2) is 48.5 Å². The summed E-state index contributed by atoms with van der Waals surface area (Å²) in [6.45, 7) is 2.79. The van der Waals surface area contributed by atoms with E-state index in [2.05, 4.69) is 27.9 Å². The fourth-order valence-corrected chi connectivity index (χ4v) is 4.86. The number of amides is 1. The van der Waals surface area contributed by atoms with Crippen LogP contribution in [-0.4, -0.2) is 62.3 Å². The molecule has 0 unspecified atom stereocenters. The van der Waals surface area contributed by atoms with Crippen molar-refractivity contribution in [2.24, 2.45) is 7.05 Å². The zero-order valence-electron chi connectivity index (χ0n) is 17.2. The predicted octanol–water partition coefficient (Wildman–Crippen LogP) is 2.43. The number of aliphatic hydroxyl groups excluding tert-OH is 1. The third-order valence-corrected chi connectivity index (χ3v) is 6.54. The normalized spacial score (nSPS) is 18.6. The van der Waals surface area contributed by atoms with Crippen LogP contribution in [0.4, 0.5) is 5.69 Å². The average molecular weight is 406 g/mol. The molecule has 7 nitrogen and oxygen atoms in total. The molecule has 2 aromatic carbocycles. The lowest BCUT2D eigenvalue weighted by Gasteiger charge is -2.52. The largest absolute Gasteiger partial charge is 0.395 e. The molecule has 30 heavy (non-hydrogen) atoms. The third-order valence-electron chi connectivity index (χ3n) is 6.54. The molecule has 1 amide bonds. The monoisotopic (exact) mass is 405 g/mol. The summed E-state index contributed by atoms with van der Waals surface area (Å²) in [6, 6.07) is 15.9. The Hall–Kier alpha value is -2.90. The molecule has 1 aromatic heterocycles. The number of rotatable bonds is 4. The fraction of sp³-hybridized carbons (Fsp3) is 0.391. The highest BCUT2D eigenvalue weighted by Crippen LogP contribution is 2.37. The van der Waals surface area contributed by atoms with Crippen LogP contribution in [0, 0.1) is 0 Å². The number of carbonyl (C=O) groups excluding carboxylic acids is 1. The molecule has 7 heteroatoms. The molecular weight excluding hydrogens is 378 g/mol. The second kappa shape index (κ2) is 7.41. The smallest absolute Gasteiger partial charge is 0.257 e. The van der Waals surface area contributed by atoms with E-state index in [-0.39, 0.29) is 12.5 Å². The number of hydrogen-bond acceptors (Lipinski definition) is 5. The summed E-state index contributed by atoms with van der Waals surface area (Å²) in [4.78, 5) is 22.2. The van der Waals surface area contributed by atoms with Gasteiger partial charge < -0.3 is 19.9 Å². The molecule has 5 rings (SSSR count). The summed E-state index contributed by atoms with van der Waals surface area (Å²) in [5.41, 5.74) is 3.29. The molecule has 1 fully saturated rings. The number of carbonyl (C=O) groups is 1. The Morgan fingerprint density at radius 3 is 2.60 bits per heavy atom. The van der Waals surface area contributed by atoms with Crippen molar-refractivity contribution in [1.82, 2.24) is 19.4 Å². The molecule has 1 saturated heterocycles. The van der Waals surface area contributed by atoms with Gasteiger partial charge in [0.15, 0.2) is 0 Å². The molecule has 0 bridgehead atoms. The number of piperidine rings is 1. The first-order valence-corrected chi connectivity index (χ1v) is 10.5. The number of imidazole rings is 1. The maximum atomic E-state index is 13.1. The molecule has 0 radical (unpaired) electrons. The van der Waals surface area contributed by atoms with Gasteiger partial charge in [0.2, 0.25) is 0 Å². The van der Waals surface area contributed by atoms with Crippen molar-refractivity contribution >= 4 is 22.6 Å². The Morgan fingerprint density at radius 2 is 1.83 bits per heavy atom. The van der Waals surface area contributed by atoms with Crippen LogP contribution in [0.3, 0.4) is 0 Å². The van der Waals surface area contributed by atoms with Crippen molar-refractivity contribution in [3.63, 3.8) is 0 Å². The van der Waals surface area contributed by atoms with E-state index in [1.54, 1.807) is 0 Å². The molecule has 3 heterocycles. The molecule has 0 saturated carbocycles. The minimum absolute atomic E-state index is 0.00204. The molecule has 2 aliphatic heterocycles. The quantitative estimate of drug-likeness (QED) is 0.698. The van der Waals surface area contributed by atoms with E-state index < -0.39 is 5.66 Å². The van der Waals surface area contributed by atoms with Gasteiger partial charge >= 0.3 is 0 Å². The number of nitrogens with one attached hydrogen (secondary N) is 1. The molecule has 3 aromatic rings. The summed E-state index contributed by atoms with van der Waals surface area (Å²) in [5, 5.41) is 13.2. The summed E-state index contributed by atoms with van der Waals surface area (Å²) in [5.74, 6) is 1.06. The molecular formula is C23H27N5O2. The summed E-state index contributed by atoms with van der Waals surface area (Å²) in [7, 11) is 2.07. The first-order chi connectivity index (χ1) is 14.6. The Bertz CT molecular complexity index is 1080. The van der Waals surface area contributed by atoms with Crippen molar-refractivity contribution in [1.29, 1.82) is 0 Å². The van der Waals surface area contributed by atoms with Crippen LogP contribution in [0.5, 0.6) is 0 Å². The van der Waals surface area contributed by atoms with Gasteiger partial charge in [-0.1, -0.05) is 24.3 Å². The van der Waals surface area contributed by atoms with Gasteiger partial charge in [-0.3, -0.25) is 9.69 Å². The molecule has 0 atom stereocenters. The number of aliphatic hydroxyl groups is 1. The van der Waals surface area contributed by atoms with Crippen LogP contribution in [0.2, 0.25) is 0 Å². The van der Waals surface area contributed by atoms with Gasteiger partial charge in [0.1, 0.15) is 11.5 Å². The third kappa shape index (κ3) is 3.05. The van der Waals surface area contributed by atoms with Crippen LogP contribution in [-0.2, 0) is 13.6 Å². The molecule has 2 N–H and O–H groups in total. The predicted molar refractivity (Wildman–Crippen MR) is 116 cm³/mol. The highest BCUT2D eigenvalue weighted by molar-refractivity contribution is 6.02. The average Bonchev–Trinajstić information content (AvgIpc) is 3.08. The first-order valence-electron chi connectivity index (χ1n) is 10.5. The number of aromatic nitrogens is 2. The van der Waals surface area contributed by atoms with Gasteiger partial charge in [-0.05, 0) is 24.3 Å². The number of anilines is 1. The van der Waals surface area contributed by atoms with Crippen molar-refractivity contribution in [3.8, 4) is 0 Å². The van der Waals surface area contributed by atoms with E-state index in [0.717, 1.165) is 55.0 Å². The Balaban J connectivity index is 1.36. The maximum Gasteiger partial charge on any atom is 0.257 e. The van der Waals surface area contributed by atoms with Crippen molar-refractivity contribution in [2.75, 3.05) is 31.6 Å². The SMILES string of the molecule is Cn1c(CN2CCC3(CC2)Nc2ccccc2C(=O)N3CCO)nc2ccccc21. The standard InChI is InChI=1S/C23H27N5O2/c1-26-20-9-5-4-8-19(20)24-21(26)16-27-12-10-23(11-13-27)25-18-7-3-2-6-17(18)22(30)28(23)14-15-29/h2-9,25,29H,10-16H2,1H3. The van der Waals surface area contributed by atoms with E-state index in [1.165, 1.54) is 0 Å². The van der Waals surface area contributed by atoms with Crippen LogP contribution in [0.1, 0.15) is 29.0 Å². The number of aryl methyl sites for hydroxylation is 1. The Labute approximate surface area is 175 Å². The van der Waals surface area contributed by atoms with Gasteiger partial charge in [-0.15, -0.1) is 0 Å². The van der Waals surface area contributed by atoms with Gasteiger partial charge in [0.05, 0.1) is 29.7 Å². The zero-order chi connectivity index (χ0) is 20.7. The van der Waals surface area contributed by atoms with Crippen molar-refractivity contribution in [2.45, 2.75) is 25.0 Å². The van der Waals surface area contributed by atoms with Crippen LogP contribution < -0.4 is 5.32 Å². The number of para-hydroxylation sites is 3. The van der Waals surface area contributed by atoms with E-state index in [0.29, 0.717) is 12.1 Å². The Morgan fingerprint density at radius 1 is 1.10 bits per heavy atom. The minimum atomic E-state index is -0.447. The van der Waals surface area contributed by atoms with Gasteiger partial charge in [-0.2, -0.15) is 0 Å². The van der Waals surface area contributed by atoms with Crippen molar-refractivity contribution < 1.29 is 9.90 Å². The molecule has 2 aliphatic rings. The summed E-state index contributed by atoms with van der Waals surface area (Å²) < 4.78 is 2.16.